The molecule has 1 aliphatic heterocycles. The first-order valence-corrected chi connectivity index (χ1v) is 10.3. The van der Waals surface area contributed by atoms with Gasteiger partial charge in [-0.2, -0.15) is 0 Å². The lowest BCUT2D eigenvalue weighted by Crippen LogP contribution is -2.44. The van der Waals surface area contributed by atoms with Gasteiger partial charge in [-0.15, -0.1) is 0 Å². The fraction of sp³-hybridized carbons (Fsp3) is 0.409. The second-order valence-corrected chi connectivity index (χ2v) is 8.18. The van der Waals surface area contributed by atoms with E-state index in [2.05, 4.69) is 50.4 Å². The van der Waals surface area contributed by atoms with Gasteiger partial charge < -0.3 is 10.1 Å². The number of halogens is 1. The lowest BCUT2D eigenvalue weighted by atomic mass is 10.0. The smallest absolute Gasteiger partial charge is 0.251 e. The van der Waals surface area contributed by atoms with Gasteiger partial charge in [0.05, 0.1) is 10.6 Å². The summed E-state index contributed by atoms with van der Waals surface area (Å²) < 4.78 is 6.51. The van der Waals surface area contributed by atoms with E-state index < -0.39 is 0 Å². The number of carbonyl (C=O) groups is 1. The minimum Gasteiger partial charge on any atom is -0.490 e. The molecule has 1 aliphatic rings. The molecule has 1 heterocycles. The standard InChI is InChI=1S/C22H27BrN2O2/c1-16(2)27-21-9-8-18(14-20(21)23)22(26)24-19-10-12-25(13-11-19)15-17-6-4-3-5-7-17/h3-9,14,16,19H,10-13,15H2,1-2H3,(H,24,26). The Morgan fingerprint density at radius 3 is 2.52 bits per heavy atom. The SMILES string of the molecule is CC(C)Oc1ccc(C(=O)NC2CCN(Cc3ccccc3)CC2)cc1Br. The third-order valence-electron chi connectivity index (χ3n) is 4.73. The fourth-order valence-electron chi connectivity index (χ4n) is 3.34. The summed E-state index contributed by atoms with van der Waals surface area (Å²) in [4.78, 5) is 15.0. The number of nitrogens with zero attached hydrogens (tertiary/aromatic N) is 1. The first-order valence-electron chi connectivity index (χ1n) is 9.54. The van der Waals surface area contributed by atoms with Crippen molar-refractivity contribution in [3.63, 3.8) is 0 Å². The zero-order valence-corrected chi connectivity index (χ0v) is 17.5. The summed E-state index contributed by atoms with van der Waals surface area (Å²) in [5.41, 5.74) is 2.00. The molecule has 0 unspecified atom stereocenters. The summed E-state index contributed by atoms with van der Waals surface area (Å²) in [6.45, 7) is 6.95. The van der Waals surface area contributed by atoms with Crippen LogP contribution in [0.1, 0.15) is 42.6 Å². The number of amides is 1. The highest BCUT2D eigenvalue weighted by Crippen LogP contribution is 2.27. The number of piperidine rings is 1. The van der Waals surface area contributed by atoms with Crippen LogP contribution < -0.4 is 10.1 Å². The van der Waals surface area contributed by atoms with Crippen LogP contribution in [0.25, 0.3) is 0 Å². The van der Waals surface area contributed by atoms with E-state index >= 15 is 0 Å². The van der Waals surface area contributed by atoms with Crippen molar-refractivity contribution in [2.24, 2.45) is 0 Å². The molecule has 1 amide bonds. The molecule has 0 bridgehead atoms. The van der Waals surface area contributed by atoms with Crippen LogP contribution in [0.4, 0.5) is 0 Å². The maximum atomic E-state index is 12.6. The molecule has 2 aromatic carbocycles. The van der Waals surface area contributed by atoms with Crippen LogP contribution in [0, 0.1) is 0 Å². The molecule has 3 rings (SSSR count). The molecule has 0 aromatic heterocycles. The Morgan fingerprint density at radius 1 is 1.19 bits per heavy atom. The van der Waals surface area contributed by atoms with Crippen LogP contribution in [0.2, 0.25) is 0 Å². The van der Waals surface area contributed by atoms with Crippen LogP contribution >= 0.6 is 15.9 Å². The number of benzene rings is 2. The summed E-state index contributed by atoms with van der Waals surface area (Å²) in [6.07, 6.45) is 2.06. The van der Waals surface area contributed by atoms with Crippen LogP contribution in [0.5, 0.6) is 5.75 Å². The highest BCUT2D eigenvalue weighted by molar-refractivity contribution is 9.10. The Morgan fingerprint density at radius 2 is 1.89 bits per heavy atom. The van der Waals surface area contributed by atoms with Crippen molar-refractivity contribution in [2.75, 3.05) is 13.1 Å². The van der Waals surface area contributed by atoms with E-state index in [1.807, 2.05) is 38.1 Å². The van der Waals surface area contributed by atoms with E-state index in [1.54, 1.807) is 0 Å². The second-order valence-electron chi connectivity index (χ2n) is 7.32. The lowest BCUT2D eigenvalue weighted by molar-refractivity contribution is 0.0909. The predicted molar refractivity (Wildman–Crippen MR) is 112 cm³/mol. The zero-order chi connectivity index (χ0) is 19.2. The first kappa shape index (κ1) is 19.9. The molecule has 4 nitrogen and oxygen atoms in total. The largest absolute Gasteiger partial charge is 0.490 e. The minimum atomic E-state index is -0.0201. The third kappa shape index (κ3) is 5.81. The molecular formula is C22H27BrN2O2. The lowest BCUT2D eigenvalue weighted by Gasteiger charge is -2.32. The second kappa shape index (κ2) is 9.38. The summed E-state index contributed by atoms with van der Waals surface area (Å²) >= 11 is 3.50. The van der Waals surface area contributed by atoms with Crippen molar-refractivity contribution >= 4 is 21.8 Å². The summed E-state index contributed by atoms with van der Waals surface area (Å²) in [6, 6.07) is 16.3. The molecular weight excluding hydrogens is 404 g/mol. The quantitative estimate of drug-likeness (QED) is 0.725. The van der Waals surface area contributed by atoms with Gasteiger partial charge in [0, 0.05) is 31.2 Å². The summed E-state index contributed by atoms with van der Waals surface area (Å²) in [7, 11) is 0. The Balaban J connectivity index is 1.50. The number of hydrogen-bond acceptors (Lipinski definition) is 3. The zero-order valence-electron chi connectivity index (χ0n) is 16.0. The summed E-state index contributed by atoms with van der Waals surface area (Å²) in [5, 5.41) is 3.18. The summed E-state index contributed by atoms with van der Waals surface area (Å²) in [5.74, 6) is 0.740. The van der Waals surface area contributed by atoms with E-state index in [1.165, 1.54) is 5.56 Å². The topological polar surface area (TPSA) is 41.6 Å². The first-order chi connectivity index (χ1) is 13.0. The number of nitrogens with one attached hydrogen (secondary N) is 1. The molecule has 0 saturated carbocycles. The maximum absolute atomic E-state index is 12.6. The third-order valence-corrected chi connectivity index (χ3v) is 5.35. The van der Waals surface area contributed by atoms with Crippen molar-refractivity contribution in [3.05, 3.63) is 64.1 Å². The Bertz CT molecular complexity index is 756. The average Bonchev–Trinajstić information content (AvgIpc) is 2.65. The molecule has 0 spiro atoms. The maximum Gasteiger partial charge on any atom is 0.251 e. The van der Waals surface area contributed by atoms with E-state index in [0.29, 0.717) is 5.56 Å². The number of hydrogen-bond donors (Lipinski definition) is 1. The molecule has 5 heteroatoms. The van der Waals surface area contributed by atoms with E-state index in [4.69, 9.17) is 4.74 Å². The Labute approximate surface area is 170 Å². The molecule has 0 aliphatic carbocycles. The van der Waals surface area contributed by atoms with E-state index in [0.717, 1.165) is 42.7 Å². The van der Waals surface area contributed by atoms with Crippen LogP contribution in [0.3, 0.4) is 0 Å². The van der Waals surface area contributed by atoms with Gasteiger partial charge in [0.15, 0.2) is 0 Å². The molecule has 1 N–H and O–H groups in total. The van der Waals surface area contributed by atoms with Gasteiger partial charge >= 0.3 is 0 Å². The van der Waals surface area contributed by atoms with Gasteiger partial charge in [-0.25, -0.2) is 0 Å². The molecule has 0 radical (unpaired) electrons. The molecule has 1 saturated heterocycles. The van der Waals surface area contributed by atoms with Gasteiger partial charge in [-0.05, 0) is 66.4 Å². The highest BCUT2D eigenvalue weighted by atomic mass is 79.9. The Kier molecular flexibility index (Phi) is 6.91. The predicted octanol–water partition coefficient (Wildman–Crippen LogP) is 4.63. The number of carbonyl (C=O) groups excluding carboxylic acids is 1. The molecule has 27 heavy (non-hydrogen) atoms. The molecule has 0 atom stereocenters. The number of ether oxygens (including phenoxy) is 1. The van der Waals surface area contributed by atoms with Crippen molar-refractivity contribution in [3.8, 4) is 5.75 Å². The van der Waals surface area contributed by atoms with Crippen LogP contribution in [0.15, 0.2) is 53.0 Å². The van der Waals surface area contributed by atoms with Gasteiger partial charge in [-0.3, -0.25) is 9.69 Å². The molecule has 1 fully saturated rings. The van der Waals surface area contributed by atoms with Gasteiger partial charge in [0.25, 0.3) is 5.91 Å². The number of likely N-dealkylation sites (tertiary alicyclic amines) is 1. The van der Waals surface area contributed by atoms with Gasteiger partial charge in [0.2, 0.25) is 0 Å². The highest BCUT2D eigenvalue weighted by Gasteiger charge is 2.21. The van der Waals surface area contributed by atoms with Crippen molar-refractivity contribution in [1.82, 2.24) is 10.2 Å². The average molecular weight is 431 g/mol. The minimum absolute atomic E-state index is 0.0201. The normalized spacial score (nSPS) is 15.7. The van der Waals surface area contributed by atoms with Crippen molar-refractivity contribution in [1.29, 1.82) is 0 Å². The van der Waals surface area contributed by atoms with Crippen molar-refractivity contribution < 1.29 is 9.53 Å². The monoisotopic (exact) mass is 430 g/mol. The Hall–Kier alpha value is -1.85. The molecule has 2 aromatic rings. The van der Waals surface area contributed by atoms with E-state index in [-0.39, 0.29) is 18.1 Å². The van der Waals surface area contributed by atoms with Crippen molar-refractivity contribution in [2.45, 2.75) is 45.4 Å². The molecule has 144 valence electrons. The van der Waals surface area contributed by atoms with Gasteiger partial charge in [0.1, 0.15) is 5.75 Å². The van der Waals surface area contributed by atoms with E-state index in [9.17, 15) is 4.79 Å². The van der Waals surface area contributed by atoms with Crippen LogP contribution in [-0.4, -0.2) is 36.0 Å². The fourth-order valence-corrected chi connectivity index (χ4v) is 3.81. The van der Waals surface area contributed by atoms with Crippen LogP contribution in [-0.2, 0) is 6.54 Å². The van der Waals surface area contributed by atoms with Gasteiger partial charge in [-0.1, -0.05) is 30.3 Å². The number of rotatable bonds is 6.